The van der Waals surface area contributed by atoms with Crippen molar-refractivity contribution in [3.8, 4) is 22.9 Å². The van der Waals surface area contributed by atoms with Gasteiger partial charge in [-0.25, -0.2) is 9.97 Å². The average molecular weight is 299 g/mol. The Hall–Kier alpha value is -2.34. The topological polar surface area (TPSA) is 67.7 Å². The highest BCUT2D eigenvalue weighted by molar-refractivity contribution is 5.62. The maximum Gasteiger partial charge on any atom is 0.162 e. The number of aromatic nitrogens is 2. The summed E-state index contributed by atoms with van der Waals surface area (Å²) in [5.74, 6) is 2.98. The first-order valence-electron chi connectivity index (χ1n) is 7.46. The summed E-state index contributed by atoms with van der Waals surface area (Å²) < 4.78 is 11.1. The zero-order valence-electron chi connectivity index (χ0n) is 12.1. The third kappa shape index (κ3) is 2.46. The van der Waals surface area contributed by atoms with Crippen LogP contribution in [0.15, 0.2) is 30.5 Å². The second kappa shape index (κ2) is 5.46. The quantitative estimate of drug-likeness (QED) is 0.906. The molecule has 2 aliphatic heterocycles. The van der Waals surface area contributed by atoms with Crippen molar-refractivity contribution in [3.63, 3.8) is 0 Å². The predicted molar refractivity (Wildman–Crippen MR) is 81.3 cm³/mol. The largest absolute Gasteiger partial charge is 0.486 e. The SMILES string of the molecule is O[C@H]1CCN(c2ccnc(-c3ccc4c(c3)OCCO4)n2)C1. The van der Waals surface area contributed by atoms with Crippen molar-refractivity contribution in [2.45, 2.75) is 12.5 Å². The Morgan fingerprint density at radius 2 is 2.00 bits per heavy atom. The maximum atomic E-state index is 9.66. The number of aliphatic hydroxyl groups excluding tert-OH is 1. The minimum Gasteiger partial charge on any atom is -0.486 e. The van der Waals surface area contributed by atoms with Gasteiger partial charge in [0, 0.05) is 24.8 Å². The van der Waals surface area contributed by atoms with Crippen LogP contribution in [0.4, 0.5) is 5.82 Å². The highest BCUT2D eigenvalue weighted by atomic mass is 16.6. The van der Waals surface area contributed by atoms with Crippen LogP contribution < -0.4 is 14.4 Å². The molecule has 114 valence electrons. The van der Waals surface area contributed by atoms with Gasteiger partial charge in [0.05, 0.1) is 6.10 Å². The molecule has 2 aliphatic rings. The second-order valence-electron chi connectivity index (χ2n) is 5.49. The molecule has 0 saturated carbocycles. The molecule has 1 saturated heterocycles. The molecule has 22 heavy (non-hydrogen) atoms. The van der Waals surface area contributed by atoms with E-state index in [1.54, 1.807) is 6.20 Å². The van der Waals surface area contributed by atoms with Gasteiger partial charge in [-0.3, -0.25) is 0 Å². The molecule has 0 aliphatic carbocycles. The number of β-amino-alcohol motifs (C(OH)–C–C–N with tert-alkyl or cyclic N) is 1. The lowest BCUT2D eigenvalue weighted by Crippen LogP contribution is -2.22. The Labute approximate surface area is 128 Å². The highest BCUT2D eigenvalue weighted by Crippen LogP contribution is 2.33. The van der Waals surface area contributed by atoms with E-state index in [-0.39, 0.29) is 6.10 Å². The number of benzene rings is 1. The molecular formula is C16H17N3O3. The second-order valence-corrected chi connectivity index (χ2v) is 5.49. The van der Waals surface area contributed by atoms with Crippen LogP contribution in [0.2, 0.25) is 0 Å². The number of hydrogen-bond acceptors (Lipinski definition) is 6. The molecule has 1 aromatic carbocycles. The number of nitrogens with zero attached hydrogens (tertiary/aromatic N) is 3. The minimum absolute atomic E-state index is 0.271. The molecule has 4 rings (SSSR count). The first kappa shape index (κ1) is 13.3. The summed E-state index contributed by atoms with van der Waals surface area (Å²) in [4.78, 5) is 11.0. The average Bonchev–Trinajstić information content (AvgIpc) is 3.01. The van der Waals surface area contributed by atoms with Gasteiger partial charge in [0.25, 0.3) is 0 Å². The van der Waals surface area contributed by atoms with Crippen LogP contribution in [-0.2, 0) is 0 Å². The first-order chi connectivity index (χ1) is 10.8. The van der Waals surface area contributed by atoms with E-state index in [0.717, 1.165) is 35.8 Å². The van der Waals surface area contributed by atoms with Crippen molar-refractivity contribution < 1.29 is 14.6 Å². The van der Waals surface area contributed by atoms with Crippen LogP contribution in [0.1, 0.15) is 6.42 Å². The highest BCUT2D eigenvalue weighted by Gasteiger charge is 2.22. The van der Waals surface area contributed by atoms with Crippen molar-refractivity contribution in [1.29, 1.82) is 0 Å². The molecule has 6 nitrogen and oxygen atoms in total. The molecule has 6 heteroatoms. The third-order valence-corrected chi connectivity index (χ3v) is 3.93. The molecular weight excluding hydrogens is 282 g/mol. The van der Waals surface area contributed by atoms with Gasteiger partial charge >= 0.3 is 0 Å². The number of fused-ring (bicyclic) bond motifs is 1. The van der Waals surface area contributed by atoms with Gasteiger partial charge in [-0.2, -0.15) is 0 Å². The Morgan fingerprint density at radius 3 is 2.82 bits per heavy atom. The molecule has 0 amide bonds. The van der Waals surface area contributed by atoms with Crippen LogP contribution in [0.3, 0.4) is 0 Å². The molecule has 3 heterocycles. The van der Waals surface area contributed by atoms with E-state index in [1.165, 1.54) is 0 Å². The predicted octanol–water partition coefficient (Wildman–Crippen LogP) is 1.49. The Morgan fingerprint density at radius 1 is 1.14 bits per heavy atom. The van der Waals surface area contributed by atoms with Gasteiger partial charge in [0.15, 0.2) is 17.3 Å². The zero-order valence-corrected chi connectivity index (χ0v) is 12.1. The summed E-state index contributed by atoms with van der Waals surface area (Å²) in [7, 11) is 0. The van der Waals surface area contributed by atoms with Gasteiger partial charge in [0.1, 0.15) is 19.0 Å². The number of rotatable bonds is 2. The molecule has 0 bridgehead atoms. The van der Waals surface area contributed by atoms with Crippen LogP contribution in [0.5, 0.6) is 11.5 Å². The summed E-state index contributed by atoms with van der Waals surface area (Å²) in [6, 6.07) is 7.61. The van der Waals surface area contributed by atoms with E-state index >= 15 is 0 Å². The van der Waals surface area contributed by atoms with Crippen LogP contribution in [0, 0.1) is 0 Å². The lowest BCUT2D eigenvalue weighted by molar-refractivity contribution is 0.171. The zero-order chi connectivity index (χ0) is 14.9. The lowest BCUT2D eigenvalue weighted by atomic mass is 10.2. The van der Waals surface area contributed by atoms with Gasteiger partial charge in [0.2, 0.25) is 0 Å². The Balaban J connectivity index is 1.65. The first-order valence-corrected chi connectivity index (χ1v) is 7.46. The summed E-state index contributed by atoms with van der Waals surface area (Å²) in [5, 5.41) is 9.66. The molecule has 2 aromatic rings. The van der Waals surface area contributed by atoms with E-state index in [4.69, 9.17) is 9.47 Å². The number of ether oxygens (including phenoxy) is 2. The number of anilines is 1. The van der Waals surface area contributed by atoms with E-state index in [9.17, 15) is 5.11 Å². The fraction of sp³-hybridized carbons (Fsp3) is 0.375. The number of hydrogen-bond donors (Lipinski definition) is 1. The van der Waals surface area contributed by atoms with E-state index < -0.39 is 0 Å². The van der Waals surface area contributed by atoms with Gasteiger partial charge in [-0.1, -0.05) is 0 Å². The molecule has 0 unspecified atom stereocenters. The smallest absolute Gasteiger partial charge is 0.162 e. The van der Waals surface area contributed by atoms with Crippen LogP contribution in [-0.4, -0.2) is 47.5 Å². The van der Waals surface area contributed by atoms with Crippen LogP contribution >= 0.6 is 0 Å². The summed E-state index contributed by atoms with van der Waals surface area (Å²) in [6.07, 6.45) is 2.26. The normalized spacial score (nSPS) is 20.2. The molecule has 1 atom stereocenters. The fourth-order valence-electron chi connectivity index (χ4n) is 2.80. The molecule has 0 radical (unpaired) electrons. The number of aliphatic hydroxyl groups is 1. The van der Waals surface area contributed by atoms with Gasteiger partial charge < -0.3 is 19.5 Å². The molecule has 1 fully saturated rings. The van der Waals surface area contributed by atoms with Crippen molar-refractivity contribution in [2.24, 2.45) is 0 Å². The summed E-state index contributed by atoms with van der Waals surface area (Å²) in [5.41, 5.74) is 0.894. The fourth-order valence-corrected chi connectivity index (χ4v) is 2.80. The van der Waals surface area contributed by atoms with E-state index in [1.807, 2.05) is 24.3 Å². The van der Waals surface area contributed by atoms with Crippen molar-refractivity contribution in [3.05, 3.63) is 30.5 Å². The molecule has 0 spiro atoms. The van der Waals surface area contributed by atoms with Crippen LogP contribution in [0.25, 0.3) is 11.4 Å². The van der Waals surface area contributed by atoms with E-state index in [0.29, 0.717) is 25.6 Å². The minimum atomic E-state index is -0.271. The van der Waals surface area contributed by atoms with Crippen molar-refractivity contribution in [1.82, 2.24) is 9.97 Å². The monoisotopic (exact) mass is 299 g/mol. The van der Waals surface area contributed by atoms with Crippen molar-refractivity contribution in [2.75, 3.05) is 31.2 Å². The van der Waals surface area contributed by atoms with Gasteiger partial charge in [-0.05, 0) is 30.7 Å². The Kier molecular flexibility index (Phi) is 3.31. The summed E-state index contributed by atoms with van der Waals surface area (Å²) in [6.45, 7) is 2.58. The van der Waals surface area contributed by atoms with E-state index in [2.05, 4.69) is 14.9 Å². The van der Waals surface area contributed by atoms with Gasteiger partial charge in [-0.15, -0.1) is 0 Å². The third-order valence-electron chi connectivity index (χ3n) is 3.93. The maximum absolute atomic E-state index is 9.66. The Bertz CT molecular complexity index is 692. The lowest BCUT2D eigenvalue weighted by Gasteiger charge is -2.19. The molecule has 1 N–H and O–H groups in total. The molecule has 1 aromatic heterocycles. The summed E-state index contributed by atoms with van der Waals surface area (Å²) >= 11 is 0. The standard InChI is InChI=1S/C16H17N3O3/c20-12-4-6-19(10-12)15-3-5-17-16(18-15)11-1-2-13-14(9-11)22-8-7-21-13/h1-3,5,9,12,20H,4,6-8,10H2/t12-/m0/s1. The van der Waals surface area contributed by atoms with Crippen molar-refractivity contribution >= 4 is 5.82 Å².